The van der Waals surface area contributed by atoms with E-state index in [1.54, 1.807) is 0 Å². The first-order chi connectivity index (χ1) is 9.60. The van der Waals surface area contributed by atoms with Gasteiger partial charge in [-0.3, -0.25) is 0 Å². The lowest BCUT2D eigenvalue weighted by Crippen LogP contribution is -2.30. The molecule has 2 aromatic carbocycles. The van der Waals surface area contributed by atoms with Crippen LogP contribution in [-0.2, 0) is 12.8 Å². The van der Waals surface area contributed by atoms with Crippen molar-refractivity contribution in [2.75, 3.05) is 7.05 Å². The zero-order valence-electron chi connectivity index (χ0n) is 11.2. The zero-order chi connectivity index (χ0) is 14.5. The van der Waals surface area contributed by atoms with E-state index >= 15 is 0 Å². The molecule has 20 heavy (non-hydrogen) atoms. The molecule has 0 bridgehead atoms. The Morgan fingerprint density at radius 1 is 1.20 bits per heavy atom. The summed E-state index contributed by atoms with van der Waals surface area (Å²) in [5, 5.41) is 4.08. The summed E-state index contributed by atoms with van der Waals surface area (Å²) in [5.74, 6) is -0.235. The lowest BCUT2D eigenvalue weighted by molar-refractivity contribution is 0.555. The van der Waals surface area contributed by atoms with Crippen molar-refractivity contribution in [1.29, 1.82) is 0 Å². The smallest absolute Gasteiger partial charge is 0.137 e. The summed E-state index contributed by atoms with van der Waals surface area (Å²) in [6, 6.07) is 13.2. The first-order valence-corrected chi connectivity index (χ1v) is 7.62. The standard InChI is InChI=1S/C16H16BrClFN/c1-20-13(10-12-4-2-3-5-15(12)18)8-11-6-7-16(19)14(17)9-11/h2-7,9,13,20H,8,10H2,1H3. The highest BCUT2D eigenvalue weighted by atomic mass is 79.9. The van der Waals surface area contributed by atoms with Gasteiger partial charge in [-0.2, -0.15) is 0 Å². The summed E-state index contributed by atoms with van der Waals surface area (Å²) >= 11 is 9.41. The van der Waals surface area contributed by atoms with Gasteiger partial charge in [0.05, 0.1) is 4.47 Å². The van der Waals surface area contributed by atoms with Crippen LogP contribution in [0.25, 0.3) is 0 Å². The normalized spacial score (nSPS) is 12.4. The second-order valence-corrected chi connectivity index (χ2v) is 6.00. The first-order valence-electron chi connectivity index (χ1n) is 6.44. The third kappa shape index (κ3) is 4.05. The molecule has 1 N–H and O–H groups in total. The van der Waals surface area contributed by atoms with Crippen LogP contribution in [0.15, 0.2) is 46.9 Å². The minimum Gasteiger partial charge on any atom is -0.316 e. The molecule has 1 unspecified atom stereocenters. The maximum Gasteiger partial charge on any atom is 0.137 e. The fraction of sp³-hybridized carbons (Fsp3) is 0.250. The molecule has 0 aromatic heterocycles. The molecule has 2 rings (SSSR count). The van der Waals surface area contributed by atoms with Gasteiger partial charge in [0, 0.05) is 11.1 Å². The molecule has 0 fully saturated rings. The first kappa shape index (κ1) is 15.5. The molecule has 1 atom stereocenters. The second-order valence-electron chi connectivity index (χ2n) is 4.73. The monoisotopic (exact) mass is 355 g/mol. The van der Waals surface area contributed by atoms with Gasteiger partial charge in [-0.1, -0.05) is 35.9 Å². The van der Waals surface area contributed by atoms with E-state index in [1.807, 2.05) is 43.4 Å². The fourth-order valence-electron chi connectivity index (χ4n) is 2.16. The van der Waals surface area contributed by atoms with Crippen LogP contribution >= 0.6 is 27.5 Å². The molecular formula is C16H16BrClFN. The van der Waals surface area contributed by atoms with Gasteiger partial charge in [-0.25, -0.2) is 4.39 Å². The summed E-state index contributed by atoms with van der Waals surface area (Å²) in [4.78, 5) is 0. The SMILES string of the molecule is CNC(Cc1ccc(F)c(Br)c1)Cc1ccccc1Cl. The molecule has 106 valence electrons. The number of hydrogen-bond acceptors (Lipinski definition) is 1. The molecule has 0 saturated carbocycles. The molecule has 0 aliphatic carbocycles. The Hall–Kier alpha value is -0.900. The third-order valence-corrected chi connectivity index (χ3v) is 4.27. The summed E-state index contributed by atoms with van der Waals surface area (Å²) in [7, 11) is 1.93. The van der Waals surface area contributed by atoms with Crippen molar-refractivity contribution in [2.24, 2.45) is 0 Å². The third-order valence-electron chi connectivity index (χ3n) is 3.30. The Kier molecular flexibility index (Phi) is 5.58. The average molecular weight is 357 g/mol. The Balaban J connectivity index is 2.09. The largest absolute Gasteiger partial charge is 0.316 e. The van der Waals surface area contributed by atoms with Crippen molar-refractivity contribution < 1.29 is 4.39 Å². The lowest BCUT2D eigenvalue weighted by Gasteiger charge is -2.17. The van der Waals surface area contributed by atoms with Crippen molar-refractivity contribution in [2.45, 2.75) is 18.9 Å². The molecular weight excluding hydrogens is 341 g/mol. The average Bonchev–Trinajstić information content (AvgIpc) is 2.44. The highest BCUT2D eigenvalue weighted by molar-refractivity contribution is 9.10. The molecule has 0 amide bonds. The van der Waals surface area contributed by atoms with Crippen molar-refractivity contribution >= 4 is 27.5 Å². The van der Waals surface area contributed by atoms with Gasteiger partial charge in [0.2, 0.25) is 0 Å². The van der Waals surface area contributed by atoms with E-state index in [0.29, 0.717) is 4.47 Å². The van der Waals surface area contributed by atoms with Crippen molar-refractivity contribution in [3.8, 4) is 0 Å². The van der Waals surface area contributed by atoms with Gasteiger partial charge < -0.3 is 5.32 Å². The molecule has 2 aromatic rings. The van der Waals surface area contributed by atoms with E-state index < -0.39 is 0 Å². The highest BCUT2D eigenvalue weighted by Gasteiger charge is 2.11. The molecule has 1 nitrogen and oxygen atoms in total. The topological polar surface area (TPSA) is 12.0 Å². The Labute approximate surface area is 132 Å². The van der Waals surface area contributed by atoms with Gasteiger partial charge in [0.1, 0.15) is 5.82 Å². The molecule has 0 aliphatic rings. The van der Waals surface area contributed by atoms with Gasteiger partial charge in [0.25, 0.3) is 0 Å². The van der Waals surface area contributed by atoms with Crippen LogP contribution in [0.1, 0.15) is 11.1 Å². The molecule has 0 heterocycles. The van der Waals surface area contributed by atoms with Crippen LogP contribution in [0.4, 0.5) is 4.39 Å². The highest BCUT2D eigenvalue weighted by Crippen LogP contribution is 2.20. The minimum absolute atomic E-state index is 0.235. The van der Waals surface area contributed by atoms with E-state index in [2.05, 4.69) is 21.2 Å². The molecule has 0 radical (unpaired) electrons. The summed E-state index contributed by atoms with van der Waals surface area (Å²) in [5.41, 5.74) is 2.21. The van der Waals surface area contributed by atoms with Crippen LogP contribution in [0.3, 0.4) is 0 Å². The van der Waals surface area contributed by atoms with E-state index in [1.165, 1.54) is 6.07 Å². The van der Waals surface area contributed by atoms with Crippen molar-refractivity contribution in [3.05, 3.63) is 68.9 Å². The predicted octanol–water partition coefficient (Wildman–Crippen LogP) is 4.61. The maximum absolute atomic E-state index is 13.2. The minimum atomic E-state index is -0.235. The summed E-state index contributed by atoms with van der Waals surface area (Å²) < 4.78 is 13.7. The molecule has 4 heteroatoms. The lowest BCUT2D eigenvalue weighted by atomic mass is 9.99. The number of likely N-dealkylation sites (N-methyl/N-ethyl adjacent to an activating group) is 1. The Morgan fingerprint density at radius 3 is 2.60 bits per heavy atom. The summed E-state index contributed by atoms with van der Waals surface area (Å²) in [6.45, 7) is 0. The van der Waals surface area contributed by atoms with Gasteiger partial charge in [-0.15, -0.1) is 0 Å². The van der Waals surface area contributed by atoms with Crippen molar-refractivity contribution in [1.82, 2.24) is 5.32 Å². The Morgan fingerprint density at radius 2 is 1.95 bits per heavy atom. The molecule has 0 spiro atoms. The van der Waals surface area contributed by atoms with E-state index in [-0.39, 0.29) is 11.9 Å². The van der Waals surface area contributed by atoms with E-state index in [9.17, 15) is 4.39 Å². The number of nitrogens with one attached hydrogen (secondary N) is 1. The zero-order valence-corrected chi connectivity index (χ0v) is 13.5. The second kappa shape index (κ2) is 7.21. The van der Waals surface area contributed by atoms with Crippen LogP contribution in [-0.4, -0.2) is 13.1 Å². The van der Waals surface area contributed by atoms with Crippen LogP contribution in [0, 0.1) is 5.82 Å². The number of rotatable bonds is 5. The fourth-order valence-corrected chi connectivity index (χ4v) is 2.80. The van der Waals surface area contributed by atoms with Gasteiger partial charge >= 0.3 is 0 Å². The van der Waals surface area contributed by atoms with Crippen molar-refractivity contribution in [3.63, 3.8) is 0 Å². The van der Waals surface area contributed by atoms with E-state index in [4.69, 9.17) is 11.6 Å². The van der Waals surface area contributed by atoms with Gasteiger partial charge in [0.15, 0.2) is 0 Å². The van der Waals surface area contributed by atoms with Crippen LogP contribution in [0.2, 0.25) is 5.02 Å². The molecule has 0 saturated heterocycles. The predicted molar refractivity (Wildman–Crippen MR) is 85.8 cm³/mol. The summed E-state index contributed by atoms with van der Waals surface area (Å²) in [6.07, 6.45) is 1.66. The Bertz CT molecular complexity index is 588. The molecule has 0 aliphatic heterocycles. The maximum atomic E-state index is 13.2. The number of benzene rings is 2. The quantitative estimate of drug-likeness (QED) is 0.824. The number of hydrogen-bond donors (Lipinski definition) is 1. The number of halogens is 3. The van der Waals surface area contributed by atoms with Gasteiger partial charge in [-0.05, 0) is 65.1 Å². The van der Waals surface area contributed by atoms with E-state index in [0.717, 1.165) is 29.0 Å². The van der Waals surface area contributed by atoms with Crippen LogP contribution in [0.5, 0.6) is 0 Å². The van der Waals surface area contributed by atoms with Crippen LogP contribution < -0.4 is 5.32 Å².